The van der Waals surface area contributed by atoms with E-state index in [1.807, 2.05) is 0 Å². The van der Waals surface area contributed by atoms with Crippen LogP contribution in [-0.2, 0) is 11.1 Å². The van der Waals surface area contributed by atoms with Crippen LogP contribution in [0.1, 0.15) is 0 Å². The maximum atomic E-state index is 10.2. The van der Waals surface area contributed by atoms with E-state index in [2.05, 4.69) is 0 Å². The molecule has 0 bridgehead atoms. The molecule has 5 heteroatoms. The Labute approximate surface area is 81.9 Å². The van der Waals surface area contributed by atoms with Crippen molar-refractivity contribution in [1.29, 1.82) is 0 Å². The molecular weight excluding hydrogens is 167 g/mol. The molecule has 1 aromatic rings. The minimum absolute atomic E-state index is 0. The van der Waals surface area contributed by atoms with E-state index in [9.17, 15) is 4.21 Å². The average molecular weight is 172 g/mol. The van der Waals surface area contributed by atoms with Crippen molar-refractivity contribution in [3.05, 3.63) is 16.8 Å². The third kappa shape index (κ3) is 2.93. The normalized spacial score (nSPS) is 12.1. The Morgan fingerprint density at radius 1 is 1.67 bits per heavy atom. The minimum atomic E-state index is -1.79. The molecule has 0 radical (unpaired) electrons. The van der Waals surface area contributed by atoms with Gasteiger partial charge in [-0.15, -0.1) is 0 Å². The van der Waals surface area contributed by atoms with Crippen LogP contribution in [0.15, 0.2) is 21.7 Å². The fraction of sp³-hybridized carbons (Fsp3) is 0. The van der Waals surface area contributed by atoms with E-state index in [1.165, 1.54) is 11.3 Å². The Hall–Kier alpha value is 0.810. The maximum absolute atomic E-state index is 10.2. The van der Waals surface area contributed by atoms with Gasteiger partial charge in [0.25, 0.3) is 0 Å². The summed E-state index contributed by atoms with van der Waals surface area (Å²) >= 11 is -0.373. The van der Waals surface area contributed by atoms with Crippen LogP contribution in [0.3, 0.4) is 0 Å². The van der Waals surface area contributed by atoms with Crippen LogP contribution in [0.5, 0.6) is 0 Å². The van der Waals surface area contributed by atoms with Gasteiger partial charge < -0.3 is 4.55 Å². The summed E-state index contributed by atoms with van der Waals surface area (Å²) in [5.74, 6) is 0. The van der Waals surface area contributed by atoms with Crippen molar-refractivity contribution in [2.24, 2.45) is 0 Å². The van der Waals surface area contributed by atoms with Crippen molar-refractivity contribution < 1.29 is 8.76 Å². The first-order chi connectivity index (χ1) is 3.80. The molecule has 0 fully saturated rings. The molecular formula is C4H5NaO2S2. The van der Waals surface area contributed by atoms with Crippen LogP contribution < -0.4 is 0 Å². The second kappa shape index (κ2) is 4.60. The van der Waals surface area contributed by atoms with E-state index in [4.69, 9.17) is 4.55 Å². The van der Waals surface area contributed by atoms with Gasteiger partial charge in [0.1, 0.15) is 0 Å². The molecule has 1 unspecified atom stereocenters. The predicted octanol–water partition coefficient (Wildman–Crippen LogP) is 0.680. The fourth-order valence-corrected chi connectivity index (χ4v) is 1.63. The van der Waals surface area contributed by atoms with Crippen molar-refractivity contribution in [2.75, 3.05) is 0 Å². The second-order valence-electron chi connectivity index (χ2n) is 1.21. The van der Waals surface area contributed by atoms with Gasteiger partial charge in [-0.1, -0.05) is 0 Å². The first-order valence-electron chi connectivity index (χ1n) is 1.94. The summed E-state index contributed by atoms with van der Waals surface area (Å²) in [6.07, 6.45) is 0. The molecule has 0 amide bonds. The number of hydrogen-bond donors (Lipinski definition) is 1. The average Bonchev–Trinajstić information content (AvgIpc) is 2.12. The summed E-state index contributed by atoms with van der Waals surface area (Å²) in [5.41, 5.74) is 0. The number of hydrogen-bond acceptors (Lipinski definition) is 2. The van der Waals surface area contributed by atoms with Gasteiger partial charge >= 0.3 is 29.6 Å². The molecule has 0 spiro atoms. The first-order valence-corrected chi connectivity index (χ1v) is 3.98. The number of thiophene rings is 1. The molecule has 0 aliphatic heterocycles. The van der Waals surface area contributed by atoms with Crippen LogP contribution in [0.4, 0.5) is 0 Å². The van der Waals surface area contributed by atoms with Crippen LogP contribution in [0, 0.1) is 0 Å². The fourth-order valence-electron chi connectivity index (χ4n) is 0.351. The van der Waals surface area contributed by atoms with Crippen LogP contribution in [-0.4, -0.2) is 38.3 Å². The summed E-state index contributed by atoms with van der Waals surface area (Å²) in [6, 6.07) is 1.63. The SMILES string of the molecule is O=S(O)c1ccsc1.[NaH]. The molecule has 0 saturated heterocycles. The molecule has 1 N–H and O–H groups in total. The summed E-state index contributed by atoms with van der Waals surface area (Å²) in [7, 11) is 0. The van der Waals surface area contributed by atoms with E-state index in [0.717, 1.165) is 0 Å². The zero-order valence-electron chi connectivity index (χ0n) is 3.90. The quantitative estimate of drug-likeness (QED) is 0.499. The van der Waals surface area contributed by atoms with E-state index >= 15 is 0 Å². The summed E-state index contributed by atoms with van der Waals surface area (Å²) < 4.78 is 18.6. The molecule has 46 valence electrons. The van der Waals surface area contributed by atoms with Crippen molar-refractivity contribution in [1.82, 2.24) is 0 Å². The number of rotatable bonds is 1. The van der Waals surface area contributed by atoms with Gasteiger partial charge in [-0.3, -0.25) is 0 Å². The van der Waals surface area contributed by atoms with E-state index in [1.54, 1.807) is 16.8 Å². The Balaban J connectivity index is 0.000000640. The van der Waals surface area contributed by atoms with Gasteiger partial charge in [0.05, 0.1) is 4.90 Å². The molecule has 2 nitrogen and oxygen atoms in total. The van der Waals surface area contributed by atoms with Crippen molar-refractivity contribution in [2.45, 2.75) is 4.90 Å². The van der Waals surface area contributed by atoms with Crippen LogP contribution in [0.2, 0.25) is 0 Å². The monoisotopic (exact) mass is 172 g/mol. The third-order valence-electron chi connectivity index (χ3n) is 0.697. The summed E-state index contributed by atoms with van der Waals surface area (Å²) in [6.45, 7) is 0. The third-order valence-corrected chi connectivity index (χ3v) is 2.19. The van der Waals surface area contributed by atoms with E-state index in [0.29, 0.717) is 4.90 Å². The molecule has 9 heavy (non-hydrogen) atoms. The van der Waals surface area contributed by atoms with Gasteiger partial charge in [-0.2, -0.15) is 11.3 Å². The van der Waals surface area contributed by atoms with E-state index < -0.39 is 11.1 Å². The molecule has 0 saturated carbocycles. The van der Waals surface area contributed by atoms with Gasteiger partial charge in [0.15, 0.2) is 11.1 Å². The van der Waals surface area contributed by atoms with E-state index in [-0.39, 0.29) is 29.6 Å². The molecule has 0 aromatic carbocycles. The van der Waals surface area contributed by atoms with Gasteiger partial charge in [0, 0.05) is 5.38 Å². The Kier molecular flexibility index (Phi) is 5.01. The molecule has 1 atom stereocenters. The van der Waals surface area contributed by atoms with Gasteiger partial charge in [0.2, 0.25) is 0 Å². The molecule has 1 rings (SSSR count). The first kappa shape index (κ1) is 9.81. The molecule has 1 heterocycles. The van der Waals surface area contributed by atoms with Crippen LogP contribution >= 0.6 is 11.3 Å². The Morgan fingerprint density at radius 3 is 2.56 bits per heavy atom. The van der Waals surface area contributed by atoms with Crippen molar-refractivity contribution in [3.63, 3.8) is 0 Å². The molecule has 0 aliphatic rings. The summed E-state index contributed by atoms with van der Waals surface area (Å²) in [4.78, 5) is 0.481. The van der Waals surface area contributed by atoms with Crippen molar-refractivity contribution >= 4 is 52.0 Å². The zero-order chi connectivity index (χ0) is 5.98. The van der Waals surface area contributed by atoms with Gasteiger partial charge in [-0.25, -0.2) is 4.21 Å². The Bertz CT molecular complexity index is 184. The topological polar surface area (TPSA) is 37.3 Å². The van der Waals surface area contributed by atoms with Gasteiger partial charge in [-0.05, 0) is 11.4 Å². The molecule has 1 aromatic heterocycles. The molecule has 0 aliphatic carbocycles. The second-order valence-corrected chi connectivity index (χ2v) is 2.96. The predicted molar refractivity (Wildman–Crippen MR) is 40.5 cm³/mol. The zero-order valence-corrected chi connectivity index (χ0v) is 5.54. The van der Waals surface area contributed by atoms with Crippen LogP contribution in [0.25, 0.3) is 0 Å². The summed E-state index contributed by atoms with van der Waals surface area (Å²) in [5, 5.41) is 3.42. The Morgan fingerprint density at radius 2 is 2.33 bits per heavy atom. The van der Waals surface area contributed by atoms with Crippen molar-refractivity contribution in [3.8, 4) is 0 Å². The standard InChI is InChI=1S/C4H4O2S2.Na.H/c5-8(6)4-1-2-7-3-4;;/h1-3H,(H,5,6);;.